The third kappa shape index (κ3) is 3.26. The van der Waals surface area contributed by atoms with Crippen molar-refractivity contribution in [3.05, 3.63) is 46.1 Å². The van der Waals surface area contributed by atoms with Gasteiger partial charge in [-0.05, 0) is 34.1 Å². The van der Waals surface area contributed by atoms with Gasteiger partial charge in [-0.3, -0.25) is 0 Å². The highest BCUT2D eigenvalue weighted by atomic mass is 79.9. The fourth-order valence-electron chi connectivity index (χ4n) is 1.54. The second-order valence-corrected chi connectivity index (χ2v) is 4.58. The van der Waals surface area contributed by atoms with E-state index in [1.807, 2.05) is 13.0 Å². The van der Waals surface area contributed by atoms with Crippen LogP contribution in [0.3, 0.4) is 0 Å². The molecular weight excluding hydrogens is 311 g/mol. The first kappa shape index (κ1) is 13.4. The molecule has 0 bridgehead atoms. The lowest BCUT2D eigenvalue weighted by molar-refractivity contribution is 0.627. The molecule has 0 aliphatic rings. The largest absolute Gasteiger partial charge is 0.339 e. The minimum atomic E-state index is -0.444. The molecule has 1 aromatic carbocycles. The number of nitriles is 1. The van der Waals surface area contributed by atoms with Gasteiger partial charge in [0, 0.05) is 12.5 Å². The summed E-state index contributed by atoms with van der Waals surface area (Å²) in [6.07, 6.45) is 0.697. The Morgan fingerprint density at radius 2 is 2.16 bits per heavy atom. The second-order valence-electron chi connectivity index (χ2n) is 3.77. The summed E-state index contributed by atoms with van der Waals surface area (Å²) in [6.45, 7) is 1.95. The van der Waals surface area contributed by atoms with E-state index in [1.54, 1.807) is 6.07 Å². The van der Waals surface area contributed by atoms with Crippen molar-refractivity contribution >= 4 is 27.4 Å². The van der Waals surface area contributed by atoms with Gasteiger partial charge >= 0.3 is 0 Å². The van der Waals surface area contributed by atoms with Gasteiger partial charge in [0.15, 0.2) is 0 Å². The Morgan fingerprint density at radius 3 is 2.84 bits per heavy atom. The molecule has 0 saturated heterocycles. The fraction of sp³-hybridized carbons (Fsp3) is 0.154. The molecule has 96 valence electrons. The van der Waals surface area contributed by atoms with Gasteiger partial charge in [-0.15, -0.1) is 0 Å². The summed E-state index contributed by atoms with van der Waals surface area (Å²) in [5.74, 6) is 0.791. The van der Waals surface area contributed by atoms with Crippen LogP contribution in [-0.4, -0.2) is 9.97 Å². The Kier molecular flexibility index (Phi) is 4.07. The Bertz CT molecular complexity index is 652. The minimum Gasteiger partial charge on any atom is -0.339 e. The van der Waals surface area contributed by atoms with Gasteiger partial charge in [0.2, 0.25) is 0 Å². The molecule has 2 rings (SSSR count). The minimum absolute atomic E-state index is 0.229. The van der Waals surface area contributed by atoms with E-state index < -0.39 is 5.82 Å². The standard InChI is InChI=1S/C13H10BrFN4/c1-2-12-18-11(14)6-13(19-12)17-10-4-3-9(15)5-8(10)7-16/h3-6H,2H2,1H3,(H,17,18,19). The van der Waals surface area contributed by atoms with Crippen molar-refractivity contribution in [2.24, 2.45) is 0 Å². The first-order valence-electron chi connectivity index (χ1n) is 5.62. The van der Waals surface area contributed by atoms with Crippen LogP contribution in [0.5, 0.6) is 0 Å². The number of benzene rings is 1. The van der Waals surface area contributed by atoms with Gasteiger partial charge < -0.3 is 5.32 Å². The summed E-state index contributed by atoms with van der Waals surface area (Å²) in [5.41, 5.74) is 0.740. The number of halogens is 2. The average molecular weight is 321 g/mol. The van der Waals surface area contributed by atoms with E-state index in [9.17, 15) is 4.39 Å². The molecule has 0 atom stereocenters. The molecule has 2 aromatic rings. The molecule has 0 spiro atoms. The molecule has 0 saturated carbocycles. The molecule has 1 heterocycles. The van der Waals surface area contributed by atoms with Crippen molar-refractivity contribution < 1.29 is 4.39 Å². The van der Waals surface area contributed by atoms with Gasteiger partial charge in [0.25, 0.3) is 0 Å². The number of rotatable bonds is 3. The van der Waals surface area contributed by atoms with Gasteiger partial charge in [-0.25, -0.2) is 14.4 Å². The molecule has 0 radical (unpaired) electrons. The zero-order chi connectivity index (χ0) is 13.8. The molecule has 19 heavy (non-hydrogen) atoms. The third-order valence-electron chi connectivity index (χ3n) is 2.42. The maximum absolute atomic E-state index is 13.0. The maximum atomic E-state index is 13.0. The van der Waals surface area contributed by atoms with Gasteiger partial charge in [-0.1, -0.05) is 6.92 Å². The van der Waals surface area contributed by atoms with Crippen LogP contribution in [0.2, 0.25) is 0 Å². The normalized spacial score (nSPS) is 10.0. The molecule has 0 aliphatic carbocycles. The Morgan fingerprint density at radius 1 is 1.37 bits per heavy atom. The summed E-state index contributed by atoms with van der Waals surface area (Å²) in [6, 6.07) is 7.62. The van der Waals surface area contributed by atoms with Crippen LogP contribution in [0.25, 0.3) is 0 Å². The molecule has 0 aliphatic heterocycles. The predicted molar refractivity (Wildman–Crippen MR) is 73.5 cm³/mol. The Labute approximate surface area is 118 Å². The van der Waals surface area contributed by atoms with E-state index in [1.165, 1.54) is 18.2 Å². The summed E-state index contributed by atoms with van der Waals surface area (Å²) in [5, 5.41) is 12.0. The van der Waals surface area contributed by atoms with Gasteiger partial charge in [0.1, 0.15) is 28.1 Å². The van der Waals surface area contributed by atoms with E-state index in [4.69, 9.17) is 5.26 Å². The van der Waals surface area contributed by atoms with Crippen LogP contribution in [0.15, 0.2) is 28.9 Å². The number of hydrogen-bond donors (Lipinski definition) is 1. The quantitative estimate of drug-likeness (QED) is 0.878. The average Bonchev–Trinajstić information content (AvgIpc) is 2.40. The molecule has 1 aromatic heterocycles. The lowest BCUT2D eigenvalue weighted by atomic mass is 10.2. The molecule has 4 nitrogen and oxygen atoms in total. The highest BCUT2D eigenvalue weighted by molar-refractivity contribution is 9.10. The fourth-order valence-corrected chi connectivity index (χ4v) is 1.96. The lowest BCUT2D eigenvalue weighted by Gasteiger charge is -2.08. The molecule has 0 amide bonds. The van der Waals surface area contributed by atoms with Crippen LogP contribution >= 0.6 is 15.9 Å². The van der Waals surface area contributed by atoms with Crippen molar-refractivity contribution in [3.8, 4) is 6.07 Å². The Hall–Kier alpha value is -2.00. The van der Waals surface area contributed by atoms with Crippen LogP contribution < -0.4 is 5.32 Å². The molecular formula is C13H10BrFN4. The van der Waals surface area contributed by atoms with Crippen molar-refractivity contribution in [2.45, 2.75) is 13.3 Å². The number of anilines is 2. The van der Waals surface area contributed by atoms with Crippen molar-refractivity contribution in [1.82, 2.24) is 9.97 Å². The van der Waals surface area contributed by atoms with E-state index >= 15 is 0 Å². The monoisotopic (exact) mass is 320 g/mol. The van der Waals surface area contributed by atoms with Gasteiger partial charge in [0.05, 0.1) is 11.3 Å². The summed E-state index contributed by atoms with van der Waals surface area (Å²) in [7, 11) is 0. The lowest BCUT2D eigenvalue weighted by Crippen LogP contribution is -2.01. The topological polar surface area (TPSA) is 61.6 Å². The van der Waals surface area contributed by atoms with E-state index in [-0.39, 0.29) is 5.56 Å². The molecule has 0 unspecified atom stereocenters. The SMILES string of the molecule is CCc1nc(Br)cc(Nc2ccc(F)cc2C#N)n1. The van der Waals surface area contributed by atoms with Crippen LogP contribution in [-0.2, 0) is 6.42 Å². The summed E-state index contributed by atoms with van der Waals surface area (Å²) in [4.78, 5) is 8.48. The molecule has 6 heteroatoms. The number of nitrogens with one attached hydrogen (secondary N) is 1. The Balaban J connectivity index is 2.36. The second kappa shape index (κ2) is 5.76. The molecule has 1 N–H and O–H groups in total. The number of hydrogen-bond acceptors (Lipinski definition) is 4. The van der Waals surface area contributed by atoms with Gasteiger partial charge in [-0.2, -0.15) is 5.26 Å². The van der Waals surface area contributed by atoms with E-state index in [0.717, 1.165) is 0 Å². The number of aromatic nitrogens is 2. The van der Waals surface area contributed by atoms with E-state index in [2.05, 4.69) is 31.2 Å². The predicted octanol–water partition coefficient (Wildman–Crippen LogP) is 3.56. The van der Waals surface area contributed by atoms with Crippen LogP contribution in [0.4, 0.5) is 15.9 Å². The molecule has 0 fully saturated rings. The van der Waals surface area contributed by atoms with Crippen LogP contribution in [0, 0.1) is 17.1 Å². The van der Waals surface area contributed by atoms with E-state index in [0.29, 0.717) is 28.4 Å². The van der Waals surface area contributed by atoms with Crippen molar-refractivity contribution in [2.75, 3.05) is 5.32 Å². The first-order chi connectivity index (χ1) is 9.12. The smallest absolute Gasteiger partial charge is 0.135 e. The summed E-state index contributed by atoms with van der Waals surface area (Å²) >= 11 is 3.30. The van der Waals surface area contributed by atoms with Crippen LogP contribution in [0.1, 0.15) is 18.3 Å². The number of nitrogens with zero attached hydrogens (tertiary/aromatic N) is 3. The third-order valence-corrected chi connectivity index (χ3v) is 2.83. The first-order valence-corrected chi connectivity index (χ1v) is 6.42. The zero-order valence-electron chi connectivity index (χ0n) is 10.1. The summed E-state index contributed by atoms with van der Waals surface area (Å²) < 4.78 is 13.7. The van der Waals surface area contributed by atoms with Crippen molar-refractivity contribution in [1.29, 1.82) is 5.26 Å². The van der Waals surface area contributed by atoms with Crippen molar-refractivity contribution in [3.63, 3.8) is 0 Å². The highest BCUT2D eigenvalue weighted by Gasteiger charge is 2.07. The zero-order valence-corrected chi connectivity index (χ0v) is 11.7. The maximum Gasteiger partial charge on any atom is 0.135 e. The highest BCUT2D eigenvalue weighted by Crippen LogP contribution is 2.22. The number of aryl methyl sites for hydroxylation is 1.